The van der Waals surface area contributed by atoms with Crippen molar-refractivity contribution >= 4 is 34.8 Å². The van der Waals surface area contributed by atoms with E-state index >= 15 is 0 Å². The fraction of sp³-hybridized carbons (Fsp3) is 0.125. The van der Waals surface area contributed by atoms with E-state index in [1.165, 1.54) is 12.5 Å². The Hall–Kier alpha value is -3.93. The topological polar surface area (TPSA) is 78.5 Å². The summed E-state index contributed by atoms with van der Waals surface area (Å²) in [4.78, 5) is 38.4. The Morgan fingerprint density at radius 1 is 0.800 bits per heavy atom. The maximum Gasteiger partial charge on any atom is 0.258 e. The van der Waals surface area contributed by atoms with E-state index < -0.39 is 0 Å². The molecule has 6 heteroatoms. The van der Waals surface area contributed by atoms with E-state index in [0.29, 0.717) is 29.0 Å². The van der Waals surface area contributed by atoms with Crippen molar-refractivity contribution in [2.45, 2.75) is 13.3 Å². The first-order valence-corrected chi connectivity index (χ1v) is 9.70. The molecule has 0 spiro atoms. The highest BCUT2D eigenvalue weighted by Gasteiger charge is 2.25. The lowest BCUT2D eigenvalue weighted by Crippen LogP contribution is -2.28. The van der Waals surface area contributed by atoms with Crippen LogP contribution in [0.15, 0.2) is 72.8 Å². The Bertz CT molecular complexity index is 1120. The number of fused-ring (bicyclic) bond motifs is 1. The maximum atomic E-state index is 12.9. The van der Waals surface area contributed by atoms with Crippen molar-refractivity contribution in [3.8, 4) is 0 Å². The first-order chi connectivity index (χ1) is 14.5. The summed E-state index contributed by atoms with van der Waals surface area (Å²) in [6.45, 7) is 2.08. The minimum Gasteiger partial charge on any atom is -0.326 e. The number of amides is 3. The normalized spacial score (nSPS) is 12.2. The maximum absolute atomic E-state index is 12.9. The minimum absolute atomic E-state index is 0.0742. The van der Waals surface area contributed by atoms with Gasteiger partial charge in [0.05, 0.1) is 0 Å². The molecule has 0 radical (unpaired) electrons. The van der Waals surface area contributed by atoms with Crippen LogP contribution in [0.3, 0.4) is 0 Å². The largest absolute Gasteiger partial charge is 0.326 e. The van der Waals surface area contributed by atoms with Gasteiger partial charge >= 0.3 is 0 Å². The molecule has 0 saturated carbocycles. The zero-order chi connectivity index (χ0) is 21.1. The molecule has 0 aromatic heterocycles. The second kappa shape index (κ2) is 8.21. The Morgan fingerprint density at radius 3 is 2.20 bits per heavy atom. The summed E-state index contributed by atoms with van der Waals surface area (Å²) in [5.41, 5.74) is 4.27. The van der Waals surface area contributed by atoms with Gasteiger partial charge in [-0.15, -0.1) is 0 Å². The van der Waals surface area contributed by atoms with E-state index in [1.807, 2.05) is 24.3 Å². The van der Waals surface area contributed by atoms with Gasteiger partial charge < -0.3 is 15.5 Å². The quantitative estimate of drug-likeness (QED) is 0.693. The number of nitrogens with one attached hydrogen (secondary N) is 2. The Labute approximate surface area is 174 Å². The first-order valence-electron chi connectivity index (χ1n) is 9.70. The van der Waals surface area contributed by atoms with Gasteiger partial charge in [0.25, 0.3) is 11.8 Å². The lowest BCUT2D eigenvalue weighted by molar-refractivity contribution is -0.114. The molecule has 0 aliphatic carbocycles. The van der Waals surface area contributed by atoms with Gasteiger partial charge in [-0.1, -0.05) is 24.3 Å². The fourth-order valence-corrected chi connectivity index (χ4v) is 3.55. The second-order valence-electron chi connectivity index (χ2n) is 7.13. The monoisotopic (exact) mass is 399 g/mol. The predicted octanol–water partition coefficient (Wildman–Crippen LogP) is 4.10. The van der Waals surface area contributed by atoms with Crippen molar-refractivity contribution < 1.29 is 14.4 Å². The van der Waals surface area contributed by atoms with Gasteiger partial charge in [0.2, 0.25) is 5.91 Å². The lowest BCUT2D eigenvalue weighted by Gasteiger charge is -2.17. The van der Waals surface area contributed by atoms with Gasteiger partial charge in [-0.3, -0.25) is 14.4 Å². The number of para-hydroxylation sites is 1. The van der Waals surface area contributed by atoms with Crippen molar-refractivity contribution in [1.29, 1.82) is 0 Å². The van der Waals surface area contributed by atoms with Crippen LogP contribution >= 0.6 is 0 Å². The molecule has 0 saturated heterocycles. The van der Waals surface area contributed by atoms with E-state index in [0.717, 1.165) is 12.1 Å². The third-order valence-corrected chi connectivity index (χ3v) is 4.97. The number of benzene rings is 3. The Morgan fingerprint density at radius 2 is 1.47 bits per heavy atom. The van der Waals surface area contributed by atoms with Crippen molar-refractivity contribution in [2.24, 2.45) is 0 Å². The standard InChI is InChI=1S/C24H21N3O3/c1-16(28)25-20-6-4-7-21(15-20)26-23(29)18-9-11-19(12-10-18)24(30)27-14-13-17-5-2-3-8-22(17)27/h2-12,15H,13-14H2,1H3,(H,25,28)(H,26,29). The molecule has 30 heavy (non-hydrogen) atoms. The number of rotatable bonds is 4. The van der Waals surface area contributed by atoms with Crippen molar-refractivity contribution in [3.05, 3.63) is 89.5 Å². The smallest absolute Gasteiger partial charge is 0.258 e. The molecule has 0 fully saturated rings. The van der Waals surface area contributed by atoms with Crippen LogP contribution in [-0.2, 0) is 11.2 Å². The second-order valence-corrected chi connectivity index (χ2v) is 7.13. The van der Waals surface area contributed by atoms with Gasteiger partial charge in [-0.2, -0.15) is 0 Å². The molecule has 3 amide bonds. The highest BCUT2D eigenvalue weighted by molar-refractivity contribution is 6.09. The summed E-state index contributed by atoms with van der Waals surface area (Å²) in [6, 6.07) is 21.4. The van der Waals surface area contributed by atoms with Gasteiger partial charge in [0.15, 0.2) is 0 Å². The summed E-state index contributed by atoms with van der Waals surface area (Å²) in [7, 11) is 0. The first kappa shape index (κ1) is 19.4. The average Bonchev–Trinajstić information content (AvgIpc) is 3.17. The van der Waals surface area contributed by atoms with E-state index in [2.05, 4.69) is 10.6 Å². The molecule has 6 nitrogen and oxygen atoms in total. The van der Waals surface area contributed by atoms with Crippen LogP contribution in [0.2, 0.25) is 0 Å². The summed E-state index contributed by atoms with van der Waals surface area (Å²) < 4.78 is 0. The molecule has 0 bridgehead atoms. The third kappa shape index (κ3) is 4.07. The van der Waals surface area contributed by atoms with Crippen LogP contribution in [0.5, 0.6) is 0 Å². The molecule has 1 aliphatic heterocycles. The van der Waals surface area contributed by atoms with E-state index in [4.69, 9.17) is 0 Å². The van der Waals surface area contributed by atoms with Crippen LogP contribution in [0.1, 0.15) is 33.2 Å². The van der Waals surface area contributed by atoms with Crippen molar-refractivity contribution in [3.63, 3.8) is 0 Å². The Balaban J connectivity index is 1.45. The van der Waals surface area contributed by atoms with E-state index in [9.17, 15) is 14.4 Å². The zero-order valence-electron chi connectivity index (χ0n) is 16.5. The van der Waals surface area contributed by atoms with E-state index in [-0.39, 0.29) is 17.7 Å². The minimum atomic E-state index is -0.291. The van der Waals surface area contributed by atoms with Crippen molar-refractivity contribution in [2.75, 3.05) is 22.1 Å². The number of anilines is 3. The SMILES string of the molecule is CC(=O)Nc1cccc(NC(=O)c2ccc(C(=O)N3CCc4ccccc43)cc2)c1. The zero-order valence-corrected chi connectivity index (χ0v) is 16.5. The molecule has 2 N–H and O–H groups in total. The molecular formula is C24H21N3O3. The molecule has 150 valence electrons. The van der Waals surface area contributed by atoms with Gasteiger partial charge in [0.1, 0.15) is 0 Å². The van der Waals surface area contributed by atoms with Crippen LogP contribution in [-0.4, -0.2) is 24.3 Å². The Kier molecular flexibility index (Phi) is 5.30. The highest BCUT2D eigenvalue weighted by Crippen LogP contribution is 2.29. The van der Waals surface area contributed by atoms with Gasteiger partial charge in [-0.25, -0.2) is 0 Å². The molecule has 1 aliphatic rings. The average molecular weight is 399 g/mol. The number of carbonyl (C=O) groups is 3. The molecule has 0 unspecified atom stereocenters. The van der Waals surface area contributed by atoms with Crippen LogP contribution in [0, 0.1) is 0 Å². The fourth-order valence-electron chi connectivity index (χ4n) is 3.55. The molecule has 3 aromatic rings. The van der Waals surface area contributed by atoms with Crippen LogP contribution < -0.4 is 15.5 Å². The number of hydrogen-bond acceptors (Lipinski definition) is 3. The van der Waals surface area contributed by atoms with E-state index in [1.54, 1.807) is 53.4 Å². The molecule has 4 rings (SSSR count). The summed E-state index contributed by atoms with van der Waals surface area (Å²) in [6.07, 6.45) is 0.847. The lowest BCUT2D eigenvalue weighted by atomic mass is 10.1. The summed E-state index contributed by atoms with van der Waals surface area (Å²) >= 11 is 0. The van der Waals surface area contributed by atoms with Gasteiger partial charge in [-0.05, 0) is 60.5 Å². The van der Waals surface area contributed by atoms with Crippen molar-refractivity contribution in [1.82, 2.24) is 0 Å². The summed E-state index contributed by atoms with van der Waals surface area (Å²) in [5.74, 6) is -0.547. The third-order valence-electron chi connectivity index (χ3n) is 4.97. The molecule has 3 aromatic carbocycles. The van der Waals surface area contributed by atoms with Gasteiger partial charge in [0, 0.05) is 41.7 Å². The molecule has 1 heterocycles. The van der Waals surface area contributed by atoms with Crippen LogP contribution in [0.25, 0.3) is 0 Å². The highest BCUT2D eigenvalue weighted by atomic mass is 16.2. The summed E-state index contributed by atoms with van der Waals surface area (Å²) in [5, 5.41) is 5.48. The molecule has 0 atom stereocenters. The number of nitrogens with zero attached hydrogens (tertiary/aromatic N) is 1. The predicted molar refractivity (Wildman–Crippen MR) is 117 cm³/mol. The number of carbonyl (C=O) groups excluding carboxylic acids is 3. The number of hydrogen-bond donors (Lipinski definition) is 2. The van der Waals surface area contributed by atoms with Crippen LogP contribution in [0.4, 0.5) is 17.1 Å². The molecular weight excluding hydrogens is 378 g/mol.